The molecule has 0 unspecified atom stereocenters. The number of rotatable bonds is 5. The molecular weight excluding hydrogens is 905 g/mol. The Kier molecular flexibility index (Phi) is 14.0. The molecule has 6 aromatic rings. The number of thiazole rings is 1. The van der Waals surface area contributed by atoms with Gasteiger partial charge in [-0.3, -0.25) is 33.6 Å². The van der Waals surface area contributed by atoms with Crippen molar-refractivity contribution in [3.05, 3.63) is 128 Å². The van der Waals surface area contributed by atoms with Gasteiger partial charge in [0.1, 0.15) is 34.5 Å². The van der Waals surface area contributed by atoms with Crippen molar-refractivity contribution < 1.29 is 33.6 Å². The Morgan fingerprint density at radius 1 is 0.734 bits per heavy atom. The number of halogens is 1. The molecule has 17 nitrogen and oxygen atoms in total. The molecule has 0 saturated heterocycles. The van der Waals surface area contributed by atoms with Crippen LogP contribution in [0.15, 0.2) is 101 Å². The van der Waals surface area contributed by atoms with Crippen molar-refractivity contribution in [3.63, 3.8) is 0 Å². The molecule has 1 aliphatic heterocycles. The van der Waals surface area contributed by atoms with Crippen molar-refractivity contribution in [2.24, 2.45) is 0 Å². The van der Waals surface area contributed by atoms with Gasteiger partial charge in [-0.15, -0.1) is 11.3 Å². The molecule has 2 bridgehead atoms. The Morgan fingerprint density at radius 2 is 1.41 bits per heavy atom. The first kappa shape index (κ1) is 44.9. The van der Waals surface area contributed by atoms with Crippen LogP contribution in [0.2, 0.25) is 0 Å². The monoisotopic (exact) mass is 948 g/mol. The normalized spacial score (nSPS) is 20.8. The molecule has 4 heterocycles. The van der Waals surface area contributed by atoms with Gasteiger partial charge >= 0.3 is 0 Å². The lowest BCUT2D eigenvalue weighted by Crippen LogP contribution is -2.56. The molecule has 7 amide bonds. The smallest absolute Gasteiger partial charge is 0.271 e. The second kappa shape index (κ2) is 19.9. The molecule has 0 aliphatic carbocycles. The van der Waals surface area contributed by atoms with Gasteiger partial charge in [0, 0.05) is 63.9 Å². The highest BCUT2D eigenvalue weighted by Gasteiger charge is 2.31. The van der Waals surface area contributed by atoms with E-state index in [9.17, 15) is 33.6 Å². The lowest BCUT2D eigenvalue weighted by Gasteiger charge is -2.23. The summed E-state index contributed by atoms with van der Waals surface area (Å²) in [6.45, 7) is 2.10. The number of likely N-dealkylation sites (N-methyl/N-ethyl adjacent to an activating group) is 1. The highest BCUT2D eigenvalue weighted by atomic mass is 79.9. The van der Waals surface area contributed by atoms with Crippen LogP contribution in [-0.2, 0) is 41.6 Å². The Bertz CT molecular complexity index is 2780. The molecule has 0 saturated carbocycles. The Balaban J connectivity index is 1.21. The molecule has 1 aliphatic rings. The summed E-state index contributed by atoms with van der Waals surface area (Å²) >= 11 is 4.71. The van der Waals surface area contributed by atoms with Gasteiger partial charge in [0.25, 0.3) is 11.8 Å². The van der Waals surface area contributed by atoms with E-state index in [-0.39, 0.29) is 24.2 Å². The molecule has 19 heteroatoms. The number of carbonyl (C=O) groups is 7. The van der Waals surface area contributed by atoms with Crippen molar-refractivity contribution in [1.29, 1.82) is 0 Å². The van der Waals surface area contributed by atoms with Gasteiger partial charge in [0.05, 0.1) is 19.1 Å². The summed E-state index contributed by atoms with van der Waals surface area (Å²) in [6.07, 6.45) is 4.93. The zero-order valence-corrected chi connectivity index (χ0v) is 37.3. The molecular formula is C45H45BrN10O7S. The molecule has 3 aromatic heterocycles. The van der Waals surface area contributed by atoms with Crippen LogP contribution in [0.5, 0.6) is 0 Å². The fraction of sp³-hybridized carbons (Fsp3) is 0.244. The minimum absolute atomic E-state index is 0.0100. The third kappa shape index (κ3) is 10.7. The van der Waals surface area contributed by atoms with E-state index in [1.807, 2.05) is 42.5 Å². The van der Waals surface area contributed by atoms with E-state index in [0.717, 1.165) is 48.1 Å². The largest absolute Gasteiger partial charge is 0.361 e. The molecule has 0 fully saturated rings. The molecule has 330 valence electrons. The lowest BCUT2D eigenvalue weighted by molar-refractivity contribution is -0.133. The summed E-state index contributed by atoms with van der Waals surface area (Å²) in [5.74, 6) is -4.78. The fourth-order valence-corrected chi connectivity index (χ4v) is 8.65. The van der Waals surface area contributed by atoms with Crippen LogP contribution in [0.1, 0.15) is 52.1 Å². The van der Waals surface area contributed by atoms with E-state index in [2.05, 4.69) is 62.8 Å². The van der Waals surface area contributed by atoms with E-state index in [1.165, 1.54) is 25.4 Å². The van der Waals surface area contributed by atoms with E-state index in [0.29, 0.717) is 16.1 Å². The van der Waals surface area contributed by atoms with Crippen LogP contribution in [0.25, 0.3) is 27.9 Å². The number of para-hydroxylation sites is 1. The van der Waals surface area contributed by atoms with E-state index in [4.69, 9.17) is 0 Å². The number of amides is 7. The van der Waals surface area contributed by atoms with Gasteiger partial charge < -0.3 is 46.8 Å². The van der Waals surface area contributed by atoms with Gasteiger partial charge in [-0.25, -0.2) is 4.98 Å². The van der Waals surface area contributed by atoms with Crippen molar-refractivity contribution in [2.75, 3.05) is 20.1 Å². The van der Waals surface area contributed by atoms with Crippen LogP contribution in [0.3, 0.4) is 0 Å². The van der Waals surface area contributed by atoms with Gasteiger partial charge in [-0.1, -0.05) is 70.5 Å². The summed E-state index contributed by atoms with van der Waals surface area (Å²) in [5.41, 5.74) is 3.42. The van der Waals surface area contributed by atoms with Gasteiger partial charge in [-0.2, -0.15) is 0 Å². The number of fused-ring (bicyclic) bond motifs is 4. The minimum atomic E-state index is -1.26. The molecule has 7 rings (SSSR count). The summed E-state index contributed by atoms with van der Waals surface area (Å²) < 4.78 is 0.750. The predicted octanol–water partition coefficient (Wildman–Crippen LogP) is 3.36. The molecule has 8 N–H and O–H groups in total. The topological polar surface area (TPSA) is 239 Å². The van der Waals surface area contributed by atoms with Crippen molar-refractivity contribution >= 4 is 96.5 Å². The number of benzene rings is 3. The quantitative estimate of drug-likeness (QED) is 0.119. The Hall–Kier alpha value is -7.12. The first-order valence-corrected chi connectivity index (χ1v) is 22.0. The summed E-state index contributed by atoms with van der Waals surface area (Å²) in [6, 6.07) is 17.4. The zero-order chi connectivity index (χ0) is 45.5. The number of hydrogen-bond donors (Lipinski definition) is 8. The summed E-state index contributed by atoms with van der Waals surface area (Å²) in [4.78, 5) is 108. The Labute approximate surface area is 379 Å². The molecule has 3 aromatic carbocycles. The van der Waals surface area contributed by atoms with Crippen LogP contribution in [0.4, 0.5) is 0 Å². The first-order valence-electron chi connectivity index (χ1n) is 20.3. The van der Waals surface area contributed by atoms with Gasteiger partial charge in [-0.05, 0) is 54.8 Å². The van der Waals surface area contributed by atoms with Crippen LogP contribution in [-0.4, -0.2) is 99.5 Å². The highest BCUT2D eigenvalue weighted by molar-refractivity contribution is 9.10. The van der Waals surface area contributed by atoms with Crippen molar-refractivity contribution in [2.45, 2.75) is 50.9 Å². The molecule has 64 heavy (non-hydrogen) atoms. The number of carbonyl (C=O) groups excluding carboxylic acids is 7. The maximum atomic E-state index is 14.5. The van der Waals surface area contributed by atoms with Crippen LogP contribution >= 0.6 is 27.3 Å². The number of aromatic amines is 2. The first-order chi connectivity index (χ1) is 30.7. The maximum absolute atomic E-state index is 14.5. The summed E-state index contributed by atoms with van der Waals surface area (Å²) in [7, 11) is 1.40. The zero-order valence-electron chi connectivity index (χ0n) is 34.9. The number of nitrogens with zero attached hydrogens (tertiary/aromatic N) is 2. The van der Waals surface area contributed by atoms with Crippen molar-refractivity contribution in [1.82, 2.24) is 51.8 Å². The van der Waals surface area contributed by atoms with Gasteiger partial charge in [0.2, 0.25) is 29.5 Å². The number of H-pyrrole nitrogens is 2. The van der Waals surface area contributed by atoms with Crippen LogP contribution < -0.4 is 31.9 Å². The number of nitrogens with one attached hydrogen (secondary N) is 8. The second-order valence-electron chi connectivity index (χ2n) is 15.3. The maximum Gasteiger partial charge on any atom is 0.271 e. The number of hydrogen-bond acceptors (Lipinski definition) is 9. The van der Waals surface area contributed by atoms with E-state index >= 15 is 0 Å². The number of aromatic nitrogens is 3. The lowest BCUT2D eigenvalue weighted by atomic mass is 10.0. The van der Waals surface area contributed by atoms with E-state index < -0.39 is 78.6 Å². The highest BCUT2D eigenvalue weighted by Crippen LogP contribution is 2.28. The second-order valence-corrected chi connectivity index (χ2v) is 17.1. The fourth-order valence-electron chi connectivity index (χ4n) is 7.22. The van der Waals surface area contributed by atoms with Crippen molar-refractivity contribution in [3.8, 4) is 0 Å². The molecule has 0 radical (unpaired) electrons. The van der Waals surface area contributed by atoms with Gasteiger partial charge in [0.15, 0.2) is 0 Å². The minimum Gasteiger partial charge on any atom is -0.361 e. The molecule has 4 atom stereocenters. The van der Waals surface area contributed by atoms with E-state index in [1.54, 1.807) is 49.6 Å². The third-order valence-electron chi connectivity index (χ3n) is 10.5. The average molecular weight is 950 g/mol. The standard InChI is InChI=1S/C45H45BrN10O7S/c1-24-40(59)54-35(16-26-10-5-4-6-11-26)45(63)56(3)22-38(58)51-25(2)44-55-36(23-64-44)43(62)53-34(17-27-19-47-31-14-8-7-12-29(27)31)42(61)52-33(41(60)49-21-37(57)50-24)18-28-20-48-32-15-9-13-30(46)39(28)32/h4-16,19-20,23-25,33-34,47-48H,17-18,21-22H2,1-3H3,(H,49,60)(H,50,57)(H,51,58)(H,52,61)(H,53,62)(H,54,59)/b35-16-/t24-,25-,33+,34+/m1/s1. The van der Waals surface area contributed by atoms with Crippen LogP contribution in [0, 0.1) is 0 Å². The predicted molar refractivity (Wildman–Crippen MR) is 244 cm³/mol. The Morgan fingerprint density at radius 3 is 2.20 bits per heavy atom. The third-order valence-corrected chi connectivity index (χ3v) is 12.2. The molecule has 0 spiro atoms. The SMILES string of the molecule is C[C@H]1NC(=O)CNC(=O)[C@H](Cc2c[nH]c3cccc(Br)c23)NC(=O)[C@H](Cc2c[nH]c3ccccc23)NC(=O)c2csc(n2)[C@@H](C)NC(=O)CN(C)C(=O)/C(=C/c2ccccc2)NC1=O. The average Bonchev–Trinajstić information content (AvgIpc) is 4.04. The summed E-state index contributed by atoms with van der Waals surface area (Å²) in [5, 5.41) is 19.7.